The summed E-state index contributed by atoms with van der Waals surface area (Å²) in [5.41, 5.74) is -0.717. The molecule has 1 aromatic rings. The molecular formula is C29H43NO7S2. The maximum Gasteiger partial charge on any atom is 0.326 e. The number of rotatable bonds is 10. The van der Waals surface area contributed by atoms with E-state index in [1.165, 1.54) is 22.9 Å². The van der Waals surface area contributed by atoms with Crippen LogP contribution in [0.2, 0.25) is 0 Å². The fraction of sp³-hybridized carbons (Fsp3) is 0.690. The summed E-state index contributed by atoms with van der Waals surface area (Å²) in [6, 6.07) is 5.32. The third-order valence-electron chi connectivity index (χ3n) is 6.37. The van der Waals surface area contributed by atoms with Crippen molar-refractivity contribution in [3.63, 3.8) is 0 Å². The summed E-state index contributed by atoms with van der Waals surface area (Å²) in [5, 5.41) is 0. The van der Waals surface area contributed by atoms with E-state index >= 15 is 0 Å². The number of hydrogen-bond donors (Lipinski definition) is 0. The normalized spacial score (nSPS) is 22.0. The lowest BCUT2D eigenvalue weighted by Crippen LogP contribution is -2.59. The molecule has 0 spiro atoms. The molecule has 0 bridgehead atoms. The molecule has 1 aromatic carbocycles. The first-order chi connectivity index (χ1) is 18.4. The standard InChI is InChI=1S/C29H43NO7S2/c1-28(2,3)37-27(31)26-29(4,5)38-22-18-30(26)39(32,33)24-16-14-23(15-17-24)34-19-10-7-6-8-11-20-35-25-13-9-12-21-36-25/h14-17,25-26H,6,8-9,11-13,18-22H2,1-5H3/t25-,26+/m1/s1. The van der Waals surface area contributed by atoms with Crippen molar-refractivity contribution >= 4 is 27.8 Å². The van der Waals surface area contributed by atoms with Crippen molar-refractivity contribution in [2.75, 3.05) is 32.1 Å². The number of nitrogens with zero attached hydrogens (tertiary/aromatic N) is 1. The summed E-state index contributed by atoms with van der Waals surface area (Å²) < 4.78 is 50.4. The van der Waals surface area contributed by atoms with Gasteiger partial charge in [0, 0.05) is 36.7 Å². The SMILES string of the molecule is CC(C)(C)OC(=O)[C@@H]1N(S(=O)(=O)c2ccc(OCC#CCCCCO[C@H]3CCCCO3)cc2)CCSC1(C)C. The van der Waals surface area contributed by atoms with Crippen molar-refractivity contribution in [1.29, 1.82) is 0 Å². The third-order valence-corrected chi connectivity index (χ3v) is 9.60. The number of thioether (sulfide) groups is 1. The van der Waals surface area contributed by atoms with Crippen molar-refractivity contribution in [3.05, 3.63) is 24.3 Å². The Morgan fingerprint density at radius 1 is 1.15 bits per heavy atom. The predicted octanol–water partition coefficient (Wildman–Crippen LogP) is 5.01. The molecule has 218 valence electrons. The summed E-state index contributed by atoms with van der Waals surface area (Å²) in [6.07, 6.45) is 5.87. The van der Waals surface area contributed by atoms with E-state index < -0.39 is 32.4 Å². The average Bonchev–Trinajstić information content (AvgIpc) is 2.86. The van der Waals surface area contributed by atoms with Crippen molar-refractivity contribution in [1.82, 2.24) is 4.31 Å². The highest BCUT2D eigenvalue weighted by Crippen LogP contribution is 2.39. The van der Waals surface area contributed by atoms with Crippen molar-refractivity contribution in [2.45, 2.75) is 101 Å². The lowest BCUT2D eigenvalue weighted by Gasteiger charge is -2.44. The zero-order chi connectivity index (χ0) is 28.5. The van der Waals surface area contributed by atoms with Crippen LogP contribution in [0.5, 0.6) is 5.75 Å². The van der Waals surface area contributed by atoms with Gasteiger partial charge in [0.25, 0.3) is 0 Å². The van der Waals surface area contributed by atoms with Crippen LogP contribution in [-0.2, 0) is 29.0 Å². The minimum absolute atomic E-state index is 0.0447. The average molecular weight is 582 g/mol. The molecule has 10 heteroatoms. The van der Waals surface area contributed by atoms with Crippen LogP contribution < -0.4 is 4.74 Å². The molecule has 0 aromatic heterocycles. The highest BCUT2D eigenvalue weighted by Gasteiger charge is 2.49. The number of esters is 1. The fourth-order valence-corrected chi connectivity index (χ4v) is 7.53. The predicted molar refractivity (Wildman–Crippen MR) is 153 cm³/mol. The largest absolute Gasteiger partial charge is 0.481 e. The lowest BCUT2D eigenvalue weighted by atomic mass is 10.0. The molecular weight excluding hydrogens is 538 g/mol. The molecule has 3 rings (SSSR count). The summed E-state index contributed by atoms with van der Waals surface area (Å²) in [7, 11) is -3.93. The minimum atomic E-state index is -3.93. The van der Waals surface area contributed by atoms with Crippen molar-refractivity contribution in [2.24, 2.45) is 0 Å². The van der Waals surface area contributed by atoms with Crippen LogP contribution in [0.3, 0.4) is 0 Å². The minimum Gasteiger partial charge on any atom is -0.481 e. The Labute approximate surface area is 238 Å². The molecule has 2 atom stereocenters. The number of hydrogen-bond acceptors (Lipinski definition) is 8. The number of unbranched alkanes of at least 4 members (excludes halogenated alkanes) is 2. The van der Waals surface area contributed by atoms with Gasteiger partial charge < -0.3 is 18.9 Å². The van der Waals surface area contributed by atoms with E-state index in [9.17, 15) is 13.2 Å². The molecule has 2 saturated heterocycles. The van der Waals surface area contributed by atoms with Gasteiger partial charge in [-0.25, -0.2) is 8.42 Å². The van der Waals surface area contributed by atoms with Gasteiger partial charge in [-0.05, 0) is 91.0 Å². The zero-order valence-corrected chi connectivity index (χ0v) is 25.5. The van der Waals surface area contributed by atoms with Crippen molar-refractivity contribution in [3.8, 4) is 17.6 Å². The van der Waals surface area contributed by atoms with Gasteiger partial charge in [0.05, 0.1) is 4.90 Å². The van der Waals surface area contributed by atoms with Gasteiger partial charge in [0.15, 0.2) is 6.29 Å². The number of carbonyl (C=O) groups excluding carboxylic acids is 1. The van der Waals surface area contributed by atoms with E-state index in [4.69, 9.17) is 18.9 Å². The molecule has 0 saturated carbocycles. The number of ether oxygens (including phenoxy) is 4. The molecule has 0 amide bonds. The molecule has 0 unspecified atom stereocenters. The molecule has 39 heavy (non-hydrogen) atoms. The van der Waals surface area contributed by atoms with Gasteiger partial charge in [-0.3, -0.25) is 4.79 Å². The molecule has 0 aliphatic carbocycles. The molecule has 2 aliphatic rings. The van der Waals surface area contributed by atoms with Gasteiger partial charge in [-0.1, -0.05) is 11.8 Å². The quantitative estimate of drug-likeness (QED) is 0.216. The van der Waals surface area contributed by atoms with E-state index in [1.54, 1.807) is 44.7 Å². The van der Waals surface area contributed by atoms with Crippen LogP contribution in [0.4, 0.5) is 0 Å². The zero-order valence-electron chi connectivity index (χ0n) is 23.9. The third kappa shape index (κ3) is 9.68. The van der Waals surface area contributed by atoms with Crippen LogP contribution in [0.25, 0.3) is 0 Å². The first-order valence-corrected chi connectivity index (χ1v) is 16.1. The van der Waals surface area contributed by atoms with E-state index in [0.717, 1.165) is 38.7 Å². The highest BCUT2D eigenvalue weighted by atomic mass is 32.2. The first-order valence-electron chi connectivity index (χ1n) is 13.7. The van der Waals surface area contributed by atoms with Crippen molar-refractivity contribution < 1.29 is 32.2 Å². The molecule has 8 nitrogen and oxygen atoms in total. The van der Waals surface area contributed by atoms with Crippen LogP contribution in [0.15, 0.2) is 29.2 Å². The van der Waals surface area contributed by atoms with Gasteiger partial charge in [0.1, 0.15) is 24.0 Å². The fourth-order valence-electron chi connectivity index (χ4n) is 4.45. The topological polar surface area (TPSA) is 91.4 Å². The molecule has 2 heterocycles. The Hall–Kier alpha value is -1.77. The van der Waals surface area contributed by atoms with Gasteiger partial charge >= 0.3 is 5.97 Å². The molecule has 2 aliphatic heterocycles. The Morgan fingerprint density at radius 3 is 2.56 bits per heavy atom. The van der Waals surface area contributed by atoms with Crippen LogP contribution in [0, 0.1) is 11.8 Å². The molecule has 2 fully saturated rings. The Kier molecular flexibility index (Phi) is 11.6. The summed E-state index contributed by atoms with van der Waals surface area (Å²) >= 11 is 1.57. The van der Waals surface area contributed by atoms with E-state index in [1.807, 2.05) is 13.8 Å². The first kappa shape index (κ1) is 31.8. The second kappa shape index (κ2) is 14.2. The monoisotopic (exact) mass is 581 g/mol. The van der Waals surface area contributed by atoms with Gasteiger partial charge in [-0.15, -0.1) is 0 Å². The smallest absolute Gasteiger partial charge is 0.326 e. The van der Waals surface area contributed by atoms with Crippen LogP contribution in [0.1, 0.15) is 73.1 Å². The van der Waals surface area contributed by atoms with E-state index in [2.05, 4.69) is 11.8 Å². The maximum atomic E-state index is 13.6. The highest BCUT2D eigenvalue weighted by molar-refractivity contribution is 8.00. The van der Waals surface area contributed by atoms with E-state index in [0.29, 0.717) is 18.1 Å². The van der Waals surface area contributed by atoms with Gasteiger partial charge in [0.2, 0.25) is 10.0 Å². The Balaban J connectivity index is 1.50. The van der Waals surface area contributed by atoms with Crippen LogP contribution in [-0.4, -0.2) is 73.5 Å². The van der Waals surface area contributed by atoms with Gasteiger partial charge in [-0.2, -0.15) is 16.1 Å². The number of sulfonamides is 1. The number of carbonyl (C=O) groups is 1. The Morgan fingerprint density at radius 2 is 1.90 bits per heavy atom. The second-order valence-corrected chi connectivity index (χ2v) is 14.9. The molecule has 0 N–H and O–H groups in total. The second-order valence-electron chi connectivity index (χ2n) is 11.2. The lowest BCUT2D eigenvalue weighted by molar-refractivity contribution is -0.162. The maximum absolute atomic E-state index is 13.6. The summed E-state index contributed by atoms with van der Waals surface area (Å²) in [4.78, 5) is 13.2. The summed E-state index contributed by atoms with van der Waals surface area (Å²) in [6.45, 7) is 11.0. The Bertz CT molecular complexity index is 1100. The van der Waals surface area contributed by atoms with Crippen LogP contribution >= 0.6 is 11.8 Å². The number of benzene rings is 1. The summed E-state index contributed by atoms with van der Waals surface area (Å²) in [5.74, 6) is 6.69. The van der Waals surface area contributed by atoms with E-state index in [-0.39, 0.29) is 24.3 Å². The molecule has 0 radical (unpaired) electrons.